The molecule has 134 valence electrons. The third-order valence-electron chi connectivity index (χ3n) is 4.61. The van der Waals surface area contributed by atoms with Gasteiger partial charge in [0, 0.05) is 25.8 Å². The molecule has 0 unspecified atom stereocenters. The molecule has 0 saturated carbocycles. The second kappa shape index (κ2) is 8.14. The number of ether oxygens (including phenoxy) is 1. The third-order valence-corrected chi connectivity index (χ3v) is 4.61. The summed E-state index contributed by atoms with van der Waals surface area (Å²) in [5, 5.41) is 3.94. The van der Waals surface area contributed by atoms with E-state index in [1.54, 1.807) is 7.11 Å². The van der Waals surface area contributed by atoms with E-state index in [2.05, 4.69) is 17.1 Å². The van der Waals surface area contributed by atoms with E-state index < -0.39 is 0 Å². The molecule has 1 atom stereocenters. The van der Waals surface area contributed by atoms with Gasteiger partial charge in [0.2, 0.25) is 11.8 Å². The van der Waals surface area contributed by atoms with Crippen molar-refractivity contribution in [3.8, 4) is 5.75 Å². The van der Waals surface area contributed by atoms with Crippen molar-refractivity contribution in [2.45, 2.75) is 51.5 Å². The number of nitrogens with zero attached hydrogens (tertiary/aromatic N) is 3. The summed E-state index contributed by atoms with van der Waals surface area (Å²) in [6.07, 6.45) is 4.73. The molecule has 1 fully saturated rings. The van der Waals surface area contributed by atoms with Crippen LogP contribution in [0.25, 0.3) is 0 Å². The van der Waals surface area contributed by atoms with Crippen LogP contribution in [0.15, 0.2) is 28.8 Å². The Morgan fingerprint density at radius 3 is 2.84 bits per heavy atom. The van der Waals surface area contributed by atoms with Gasteiger partial charge in [0.25, 0.3) is 0 Å². The number of hydrogen-bond donors (Lipinski definition) is 0. The second-order valence-electron chi connectivity index (χ2n) is 6.37. The lowest BCUT2D eigenvalue weighted by atomic mass is 10.0. The maximum atomic E-state index is 12.7. The van der Waals surface area contributed by atoms with Crippen molar-refractivity contribution in [2.24, 2.45) is 0 Å². The highest BCUT2D eigenvalue weighted by atomic mass is 16.5. The number of aromatic nitrogens is 2. The van der Waals surface area contributed by atoms with Crippen molar-refractivity contribution in [1.29, 1.82) is 0 Å². The maximum Gasteiger partial charge on any atom is 0.227 e. The summed E-state index contributed by atoms with van der Waals surface area (Å²) in [5.74, 6) is 2.26. The molecule has 1 amide bonds. The Hall–Kier alpha value is -2.37. The summed E-state index contributed by atoms with van der Waals surface area (Å²) in [6, 6.07) is 8.14. The fraction of sp³-hybridized carbons (Fsp3) is 0.526. The minimum atomic E-state index is 0.147. The third kappa shape index (κ3) is 4.18. The number of rotatable bonds is 7. The molecule has 2 aromatic rings. The lowest BCUT2D eigenvalue weighted by Gasteiger charge is -2.25. The van der Waals surface area contributed by atoms with Gasteiger partial charge < -0.3 is 14.2 Å². The van der Waals surface area contributed by atoms with E-state index in [4.69, 9.17) is 9.26 Å². The molecule has 1 aromatic carbocycles. The smallest absolute Gasteiger partial charge is 0.227 e. The van der Waals surface area contributed by atoms with E-state index in [0.717, 1.165) is 49.4 Å². The van der Waals surface area contributed by atoms with Crippen molar-refractivity contribution < 1.29 is 14.1 Å². The molecule has 6 heteroatoms. The van der Waals surface area contributed by atoms with Crippen molar-refractivity contribution in [1.82, 2.24) is 15.0 Å². The monoisotopic (exact) mass is 343 g/mol. The highest BCUT2D eigenvalue weighted by molar-refractivity contribution is 5.77. The van der Waals surface area contributed by atoms with Crippen LogP contribution in [-0.2, 0) is 17.6 Å². The summed E-state index contributed by atoms with van der Waals surface area (Å²) in [4.78, 5) is 19.0. The first-order valence-electron chi connectivity index (χ1n) is 8.96. The van der Waals surface area contributed by atoms with Gasteiger partial charge in [0.15, 0.2) is 5.82 Å². The van der Waals surface area contributed by atoms with Crippen LogP contribution in [0.3, 0.4) is 0 Å². The normalized spacial score (nSPS) is 17.0. The summed E-state index contributed by atoms with van der Waals surface area (Å²) in [5.41, 5.74) is 1.16. The van der Waals surface area contributed by atoms with Crippen LogP contribution in [0.4, 0.5) is 0 Å². The Morgan fingerprint density at radius 2 is 2.12 bits per heavy atom. The molecular formula is C19H25N3O3. The fourth-order valence-corrected chi connectivity index (χ4v) is 3.31. The van der Waals surface area contributed by atoms with E-state index in [1.807, 2.05) is 29.2 Å². The van der Waals surface area contributed by atoms with Gasteiger partial charge in [-0.05, 0) is 37.0 Å². The fourth-order valence-electron chi connectivity index (χ4n) is 3.31. The Balaban J connectivity index is 1.59. The molecule has 0 radical (unpaired) electrons. The van der Waals surface area contributed by atoms with Crippen LogP contribution in [0.5, 0.6) is 5.75 Å². The van der Waals surface area contributed by atoms with Crippen LogP contribution in [0.2, 0.25) is 0 Å². The van der Waals surface area contributed by atoms with E-state index in [-0.39, 0.29) is 11.9 Å². The summed E-state index contributed by atoms with van der Waals surface area (Å²) >= 11 is 0. The zero-order valence-electron chi connectivity index (χ0n) is 14.9. The molecule has 1 aliphatic rings. The van der Waals surface area contributed by atoms with Gasteiger partial charge in [-0.2, -0.15) is 4.98 Å². The molecular weight excluding hydrogens is 318 g/mol. The van der Waals surface area contributed by atoms with Crippen LogP contribution < -0.4 is 4.74 Å². The summed E-state index contributed by atoms with van der Waals surface area (Å²) in [6.45, 7) is 2.88. The Kier molecular flexibility index (Phi) is 5.68. The molecule has 0 N–H and O–H groups in total. The van der Waals surface area contributed by atoms with Crippen molar-refractivity contribution >= 4 is 5.91 Å². The number of amides is 1. The van der Waals surface area contributed by atoms with Gasteiger partial charge in [0.05, 0.1) is 13.2 Å². The topological polar surface area (TPSA) is 68.5 Å². The van der Waals surface area contributed by atoms with Crippen molar-refractivity contribution in [3.05, 3.63) is 41.5 Å². The molecule has 1 aromatic heterocycles. The van der Waals surface area contributed by atoms with E-state index in [9.17, 15) is 4.79 Å². The summed E-state index contributed by atoms with van der Waals surface area (Å²) < 4.78 is 10.4. The van der Waals surface area contributed by atoms with E-state index in [1.165, 1.54) is 0 Å². The van der Waals surface area contributed by atoms with Crippen molar-refractivity contribution in [2.75, 3.05) is 13.7 Å². The predicted molar refractivity (Wildman–Crippen MR) is 93.3 cm³/mol. The Morgan fingerprint density at radius 1 is 1.32 bits per heavy atom. The van der Waals surface area contributed by atoms with Crippen molar-refractivity contribution in [3.63, 3.8) is 0 Å². The SMILES string of the molecule is CCCc1noc(CCC(=O)N2CCC[C@H]2c2ccc(OC)cc2)n1. The zero-order chi connectivity index (χ0) is 17.6. The molecule has 0 bridgehead atoms. The molecule has 1 saturated heterocycles. The van der Waals surface area contributed by atoms with Gasteiger partial charge in [-0.15, -0.1) is 0 Å². The van der Waals surface area contributed by atoms with E-state index in [0.29, 0.717) is 18.7 Å². The lowest BCUT2D eigenvalue weighted by molar-refractivity contribution is -0.132. The summed E-state index contributed by atoms with van der Waals surface area (Å²) in [7, 11) is 1.66. The average molecular weight is 343 g/mol. The zero-order valence-corrected chi connectivity index (χ0v) is 14.9. The standard InChI is InChI=1S/C19H25N3O3/c1-3-5-17-20-18(25-21-17)11-12-19(23)22-13-4-6-16(22)14-7-9-15(24-2)10-8-14/h7-10,16H,3-6,11-13H2,1-2H3/t16-/m0/s1. The van der Waals surface area contributed by atoms with Gasteiger partial charge in [-0.3, -0.25) is 4.79 Å². The molecule has 25 heavy (non-hydrogen) atoms. The minimum Gasteiger partial charge on any atom is -0.497 e. The minimum absolute atomic E-state index is 0.147. The number of carbonyl (C=O) groups is 1. The van der Waals surface area contributed by atoms with Gasteiger partial charge in [0.1, 0.15) is 5.75 Å². The highest BCUT2D eigenvalue weighted by Gasteiger charge is 2.29. The first-order chi connectivity index (χ1) is 12.2. The van der Waals surface area contributed by atoms with Crippen LogP contribution in [0.1, 0.15) is 55.9 Å². The Bertz CT molecular complexity index is 696. The molecule has 6 nitrogen and oxygen atoms in total. The second-order valence-corrected chi connectivity index (χ2v) is 6.37. The van der Waals surface area contributed by atoms with Crippen LogP contribution >= 0.6 is 0 Å². The molecule has 2 heterocycles. The molecule has 0 aliphatic carbocycles. The quantitative estimate of drug-likeness (QED) is 0.771. The largest absolute Gasteiger partial charge is 0.497 e. The van der Waals surface area contributed by atoms with Gasteiger partial charge >= 0.3 is 0 Å². The highest BCUT2D eigenvalue weighted by Crippen LogP contribution is 2.33. The average Bonchev–Trinajstić information content (AvgIpc) is 3.29. The first kappa shape index (κ1) is 17.5. The number of hydrogen-bond acceptors (Lipinski definition) is 5. The number of likely N-dealkylation sites (tertiary alicyclic amines) is 1. The van der Waals surface area contributed by atoms with E-state index >= 15 is 0 Å². The number of aryl methyl sites for hydroxylation is 2. The maximum absolute atomic E-state index is 12.7. The van der Waals surface area contributed by atoms with Gasteiger partial charge in [-0.25, -0.2) is 0 Å². The first-order valence-corrected chi connectivity index (χ1v) is 8.96. The molecule has 0 spiro atoms. The molecule has 3 rings (SSSR count). The number of carbonyl (C=O) groups excluding carboxylic acids is 1. The number of benzene rings is 1. The Labute approximate surface area is 148 Å². The van der Waals surface area contributed by atoms with Crippen LogP contribution in [0, 0.1) is 0 Å². The predicted octanol–water partition coefficient (Wildman–Crippen LogP) is 3.33. The van der Waals surface area contributed by atoms with Gasteiger partial charge in [-0.1, -0.05) is 24.2 Å². The molecule has 1 aliphatic heterocycles. The number of methoxy groups -OCH3 is 1. The lowest BCUT2D eigenvalue weighted by Crippen LogP contribution is -2.30. The van der Waals surface area contributed by atoms with Crippen LogP contribution in [-0.4, -0.2) is 34.6 Å².